The number of carboxylic acids is 1. The van der Waals surface area contributed by atoms with E-state index in [9.17, 15) is 9.18 Å². The summed E-state index contributed by atoms with van der Waals surface area (Å²) in [4.78, 5) is 10.8. The molecule has 2 N–H and O–H groups in total. The van der Waals surface area contributed by atoms with E-state index in [0.717, 1.165) is 5.56 Å². The van der Waals surface area contributed by atoms with E-state index in [1.165, 1.54) is 18.2 Å². The van der Waals surface area contributed by atoms with Crippen molar-refractivity contribution in [3.8, 4) is 0 Å². The molecule has 2 aromatic carbocycles. The zero-order valence-electron chi connectivity index (χ0n) is 9.86. The third kappa shape index (κ3) is 3.32. The minimum absolute atomic E-state index is 0.210. The van der Waals surface area contributed by atoms with Crippen molar-refractivity contribution in [3.63, 3.8) is 0 Å². The van der Waals surface area contributed by atoms with Gasteiger partial charge in [-0.1, -0.05) is 34.1 Å². The fourth-order valence-electron chi connectivity index (χ4n) is 1.62. The van der Waals surface area contributed by atoms with Gasteiger partial charge >= 0.3 is 5.97 Å². The van der Waals surface area contributed by atoms with Gasteiger partial charge in [0.15, 0.2) is 0 Å². The molecule has 2 aromatic rings. The standard InChI is InChI=1S/C14H11BrFNO2/c15-11-7-9(14(18)19)5-6-10(11)8-17-13-4-2-1-3-12(13)16/h1-7,17H,8H2,(H,18,19). The summed E-state index contributed by atoms with van der Waals surface area (Å²) in [5.74, 6) is -1.30. The average molecular weight is 324 g/mol. The SMILES string of the molecule is O=C(O)c1ccc(CNc2ccccc2F)c(Br)c1. The van der Waals surface area contributed by atoms with Gasteiger partial charge in [0.25, 0.3) is 0 Å². The second-order valence-electron chi connectivity index (χ2n) is 3.94. The van der Waals surface area contributed by atoms with E-state index in [1.807, 2.05) is 0 Å². The molecule has 3 nitrogen and oxygen atoms in total. The van der Waals surface area contributed by atoms with Gasteiger partial charge in [-0.15, -0.1) is 0 Å². The van der Waals surface area contributed by atoms with Crippen LogP contribution in [0.5, 0.6) is 0 Å². The summed E-state index contributed by atoms with van der Waals surface area (Å²) in [6, 6.07) is 11.1. The smallest absolute Gasteiger partial charge is 0.335 e. The van der Waals surface area contributed by atoms with E-state index >= 15 is 0 Å². The highest BCUT2D eigenvalue weighted by atomic mass is 79.9. The summed E-state index contributed by atoms with van der Waals surface area (Å²) in [5, 5.41) is 11.8. The van der Waals surface area contributed by atoms with Crippen LogP contribution in [0, 0.1) is 5.82 Å². The Labute approximate surface area is 118 Å². The predicted octanol–water partition coefficient (Wildman–Crippen LogP) is 3.90. The van der Waals surface area contributed by atoms with Gasteiger partial charge in [-0.25, -0.2) is 9.18 Å². The van der Waals surface area contributed by atoms with Crippen LogP contribution in [0.4, 0.5) is 10.1 Å². The first-order valence-electron chi connectivity index (χ1n) is 5.58. The summed E-state index contributed by atoms with van der Waals surface area (Å²) in [6.07, 6.45) is 0. The van der Waals surface area contributed by atoms with Crippen molar-refractivity contribution in [2.75, 3.05) is 5.32 Å². The monoisotopic (exact) mass is 323 g/mol. The van der Waals surface area contributed by atoms with Crippen molar-refractivity contribution >= 4 is 27.6 Å². The molecule has 19 heavy (non-hydrogen) atoms. The summed E-state index contributed by atoms with van der Waals surface area (Å²) < 4.78 is 14.1. The lowest BCUT2D eigenvalue weighted by Gasteiger charge is -2.09. The molecule has 0 saturated carbocycles. The lowest BCUT2D eigenvalue weighted by Crippen LogP contribution is -2.03. The Bertz CT molecular complexity index is 616. The fraction of sp³-hybridized carbons (Fsp3) is 0.0714. The lowest BCUT2D eigenvalue weighted by molar-refractivity contribution is 0.0697. The number of benzene rings is 2. The number of carboxylic acid groups (broad SMARTS) is 1. The van der Waals surface area contributed by atoms with Crippen molar-refractivity contribution in [3.05, 3.63) is 63.9 Å². The molecule has 0 aliphatic carbocycles. The van der Waals surface area contributed by atoms with Gasteiger partial charge in [-0.2, -0.15) is 0 Å². The number of nitrogens with one attached hydrogen (secondary N) is 1. The van der Waals surface area contributed by atoms with Crippen LogP contribution in [-0.4, -0.2) is 11.1 Å². The molecule has 0 heterocycles. The van der Waals surface area contributed by atoms with Crippen LogP contribution >= 0.6 is 15.9 Å². The Hall–Kier alpha value is -1.88. The highest BCUT2D eigenvalue weighted by Crippen LogP contribution is 2.21. The number of aromatic carboxylic acids is 1. The highest BCUT2D eigenvalue weighted by molar-refractivity contribution is 9.10. The first kappa shape index (κ1) is 13.5. The molecule has 0 aromatic heterocycles. The average Bonchev–Trinajstić information content (AvgIpc) is 2.39. The Morgan fingerprint density at radius 2 is 2.00 bits per heavy atom. The minimum atomic E-state index is -0.977. The second-order valence-corrected chi connectivity index (χ2v) is 4.80. The predicted molar refractivity (Wildman–Crippen MR) is 74.8 cm³/mol. The molecule has 0 spiro atoms. The first-order chi connectivity index (χ1) is 9.08. The van der Waals surface area contributed by atoms with Crippen LogP contribution in [-0.2, 0) is 6.54 Å². The summed E-state index contributed by atoms with van der Waals surface area (Å²) in [5.41, 5.74) is 1.48. The molecule has 0 fully saturated rings. The van der Waals surface area contributed by atoms with E-state index in [-0.39, 0.29) is 11.4 Å². The number of hydrogen-bond donors (Lipinski definition) is 2. The first-order valence-corrected chi connectivity index (χ1v) is 6.37. The van der Waals surface area contributed by atoms with E-state index in [4.69, 9.17) is 5.11 Å². The Morgan fingerprint density at radius 1 is 1.26 bits per heavy atom. The largest absolute Gasteiger partial charge is 0.478 e. The van der Waals surface area contributed by atoms with Crippen LogP contribution in [0.3, 0.4) is 0 Å². The maximum Gasteiger partial charge on any atom is 0.335 e. The maximum absolute atomic E-state index is 13.4. The molecule has 98 valence electrons. The summed E-state index contributed by atoms with van der Waals surface area (Å²) in [6.45, 7) is 0.404. The lowest BCUT2D eigenvalue weighted by atomic mass is 10.1. The van der Waals surface area contributed by atoms with E-state index < -0.39 is 5.97 Å². The molecule has 0 saturated heterocycles. The van der Waals surface area contributed by atoms with Crippen molar-refractivity contribution in [1.82, 2.24) is 0 Å². The Balaban J connectivity index is 2.12. The van der Waals surface area contributed by atoms with E-state index in [1.54, 1.807) is 24.3 Å². The van der Waals surface area contributed by atoms with Crippen molar-refractivity contribution in [2.24, 2.45) is 0 Å². The number of carbonyl (C=O) groups is 1. The quantitative estimate of drug-likeness (QED) is 0.897. The van der Waals surface area contributed by atoms with Crippen LogP contribution in [0.2, 0.25) is 0 Å². The van der Waals surface area contributed by atoms with Crippen LogP contribution in [0.25, 0.3) is 0 Å². The summed E-state index contributed by atoms with van der Waals surface area (Å²) in [7, 11) is 0. The summed E-state index contributed by atoms with van der Waals surface area (Å²) >= 11 is 3.31. The van der Waals surface area contributed by atoms with Crippen LogP contribution < -0.4 is 5.32 Å². The normalized spacial score (nSPS) is 10.2. The number of anilines is 1. The van der Waals surface area contributed by atoms with Gasteiger partial charge in [0.2, 0.25) is 0 Å². The van der Waals surface area contributed by atoms with Gasteiger partial charge in [0.05, 0.1) is 11.3 Å². The number of rotatable bonds is 4. The third-order valence-electron chi connectivity index (χ3n) is 2.64. The Morgan fingerprint density at radius 3 is 2.63 bits per heavy atom. The van der Waals surface area contributed by atoms with Gasteiger partial charge in [0.1, 0.15) is 5.82 Å². The van der Waals surface area contributed by atoms with Crippen molar-refractivity contribution in [2.45, 2.75) is 6.54 Å². The maximum atomic E-state index is 13.4. The van der Waals surface area contributed by atoms with Gasteiger partial charge in [0, 0.05) is 11.0 Å². The van der Waals surface area contributed by atoms with Crippen LogP contribution in [0.1, 0.15) is 15.9 Å². The second kappa shape index (κ2) is 5.84. The molecule has 2 rings (SSSR count). The topological polar surface area (TPSA) is 49.3 Å². The Kier molecular flexibility index (Phi) is 4.16. The van der Waals surface area contributed by atoms with E-state index in [2.05, 4.69) is 21.2 Å². The fourth-order valence-corrected chi connectivity index (χ4v) is 2.14. The molecule has 5 heteroatoms. The third-order valence-corrected chi connectivity index (χ3v) is 3.38. The number of para-hydroxylation sites is 1. The molecule has 0 radical (unpaired) electrons. The van der Waals surface area contributed by atoms with E-state index in [0.29, 0.717) is 16.7 Å². The van der Waals surface area contributed by atoms with Gasteiger partial charge in [-0.3, -0.25) is 0 Å². The van der Waals surface area contributed by atoms with Crippen molar-refractivity contribution in [1.29, 1.82) is 0 Å². The highest BCUT2D eigenvalue weighted by Gasteiger charge is 2.07. The molecule has 0 bridgehead atoms. The minimum Gasteiger partial charge on any atom is -0.478 e. The molecule has 0 unspecified atom stereocenters. The zero-order valence-corrected chi connectivity index (χ0v) is 11.4. The molecule has 0 aliphatic heterocycles. The molecule has 0 amide bonds. The van der Waals surface area contributed by atoms with Crippen molar-refractivity contribution < 1.29 is 14.3 Å². The van der Waals surface area contributed by atoms with Crippen LogP contribution in [0.15, 0.2) is 46.9 Å². The zero-order chi connectivity index (χ0) is 13.8. The van der Waals surface area contributed by atoms with Gasteiger partial charge in [-0.05, 0) is 29.8 Å². The molecule has 0 atom stereocenters. The molecular formula is C14H11BrFNO2. The van der Waals surface area contributed by atoms with Gasteiger partial charge < -0.3 is 10.4 Å². The molecule has 0 aliphatic rings. The molecular weight excluding hydrogens is 313 g/mol. The number of halogens is 2. The number of hydrogen-bond acceptors (Lipinski definition) is 2.